The van der Waals surface area contributed by atoms with Crippen LogP contribution >= 0.6 is 11.8 Å². The van der Waals surface area contributed by atoms with E-state index in [4.69, 9.17) is 15.5 Å². The average Bonchev–Trinajstić information content (AvgIpc) is 3.45. The van der Waals surface area contributed by atoms with Gasteiger partial charge in [0.05, 0.1) is 11.5 Å². The second-order valence-electron chi connectivity index (χ2n) is 9.32. The number of anilines is 2. The van der Waals surface area contributed by atoms with E-state index in [2.05, 4.69) is 46.2 Å². The molecule has 2 aromatic heterocycles. The van der Waals surface area contributed by atoms with E-state index in [9.17, 15) is 4.39 Å². The Morgan fingerprint density at radius 2 is 2.03 bits per heavy atom. The summed E-state index contributed by atoms with van der Waals surface area (Å²) in [6, 6.07) is 4.43. The van der Waals surface area contributed by atoms with Gasteiger partial charge in [-0.1, -0.05) is 13.8 Å². The Morgan fingerprint density at radius 3 is 2.82 bits per heavy atom. The van der Waals surface area contributed by atoms with E-state index in [1.165, 1.54) is 23.4 Å². The number of aromatic nitrogens is 4. The molecule has 1 fully saturated rings. The predicted molar refractivity (Wildman–Crippen MR) is 134 cm³/mol. The molecule has 4 heterocycles. The smallest absolute Gasteiger partial charge is 0.312 e. The number of fused-ring (bicyclic) bond motifs is 2. The number of nitrogen functional groups attached to an aromatic ring is 1. The molecule has 0 radical (unpaired) electrons. The zero-order valence-corrected chi connectivity index (χ0v) is 20.6. The van der Waals surface area contributed by atoms with Gasteiger partial charge in [0.2, 0.25) is 0 Å². The van der Waals surface area contributed by atoms with E-state index in [-0.39, 0.29) is 5.82 Å². The molecule has 0 amide bonds. The molecule has 182 valence electrons. The molecule has 3 aromatic rings. The van der Waals surface area contributed by atoms with E-state index in [0.29, 0.717) is 36.7 Å². The lowest BCUT2D eigenvalue weighted by molar-refractivity contribution is 0.329. The maximum atomic E-state index is 14.1. The SMILES string of the molecule is CC(C)CNCCn1c(Cc2cc3c(cc2N2CCCC2)SCCO3)nc2c(N)nc(F)nc21. The van der Waals surface area contributed by atoms with E-state index in [1.807, 2.05) is 16.3 Å². The first-order chi connectivity index (χ1) is 16.5. The van der Waals surface area contributed by atoms with Crippen LogP contribution in [-0.4, -0.2) is 58.1 Å². The molecule has 10 heteroatoms. The third-order valence-electron chi connectivity index (χ3n) is 6.28. The molecule has 2 aliphatic heterocycles. The first-order valence-corrected chi connectivity index (χ1v) is 13.0. The average molecular weight is 486 g/mol. The second kappa shape index (κ2) is 9.95. The van der Waals surface area contributed by atoms with E-state index in [1.54, 1.807) is 0 Å². The molecular formula is C24H32FN7OS. The lowest BCUT2D eigenvalue weighted by atomic mass is 10.1. The van der Waals surface area contributed by atoms with Gasteiger partial charge in [-0.15, -0.1) is 11.8 Å². The Bertz CT molecular complexity index is 1180. The van der Waals surface area contributed by atoms with Crippen molar-refractivity contribution in [2.24, 2.45) is 5.92 Å². The van der Waals surface area contributed by atoms with Crippen LogP contribution in [0.15, 0.2) is 17.0 Å². The Labute approximate surface area is 203 Å². The van der Waals surface area contributed by atoms with Crippen molar-refractivity contribution in [3.05, 3.63) is 29.6 Å². The molecule has 0 bridgehead atoms. The number of nitrogens with two attached hydrogens (primary N) is 1. The normalized spacial score (nSPS) is 15.8. The molecule has 3 N–H and O–H groups in total. The molecular weight excluding hydrogens is 453 g/mol. The minimum Gasteiger partial charge on any atom is -0.492 e. The van der Waals surface area contributed by atoms with Crippen molar-refractivity contribution in [2.45, 2.75) is 44.6 Å². The van der Waals surface area contributed by atoms with E-state index >= 15 is 0 Å². The largest absolute Gasteiger partial charge is 0.492 e. The fraction of sp³-hybridized carbons (Fsp3) is 0.542. The summed E-state index contributed by atoms with van der Waals surface area (Å²) in [5.74, 6) is 3.32. The van der Waals surface area contributed by atoms with Gasteiger partial charge in [0, 0.05) is 44.0 Å². The topological polar surface area (TPSA) is 94.1 Å². The molecule has 0 atom stereocenters. The molecule has 0 saturated carbocycles. The van der Waals surface area contributed by atoms with Crippen molar-refractivity contribution >= 4 is 34.4 Å². The number of halogens is 1. The molecule has 34 heavy (non-hydrogen) atoms. The summed E-state index contributed by atoms with van der Waals surface area (Å²) in [6.07, 6.45) is 2.15. The van der Waals surface area contributed by atoms with Crippen molar-refractivity contribution in [1.82, 2.24) is 24.8 Å². The highest BCUT2D eigenvalue weighted by atomic mass is 32.2. The zero-order chi connectivity index (χ0) is 23.7. The van der Waals surface area contributed by atoms with Gasteiger partial charge >= 0.3 is 6.08 Å². The Morgan fingerprint density at radius 1 is 1.21 bits per heavy atom. The summed E-state index contributed by atoms with van der Waals surface area (Å²) < 4.78 is 22.0. The van der Waals surface area contributed by atoms with Gasteiger partial charge in [-0.25, -0.2) is 4.98 Å². The Hall–Kier alpha value is -2.59. The van der Waals surface area contributed by atoms with Crippen molar-refractivity contribution in [3.8, 4) is 5.75 Å². The van der Waals surface area contributed by atoms with Crippen LogP contribution in [0, 0.1) is 12.0 Å². The fourth-order valence-electron chi connectivity index (χ4n) is 4.68. The number of imidazole rings is 1. The third kappa shape index (κ3) is 4.79. The summed E-state index contributed by atoms with van der Waals surface area (Å²) in [7, 11) is 0. The summed E-state index contributed by atoms with van der Waals surface area (Å²) in [5.41, 5.74) is 9.32. The highest BCUT2D eigenvalue weighted by Crippen LogP contribution is 2.40. The van der Waals surface area contributed by atoms with Gasteiger partial charge < -0.3 is 25.3 Å². The van der Waals surface area contributed by atoms with Crippen LogP contribution in [0.4, 0.5) is 15.9 Å². The minimum atomic E-state index is -0.829. The number of thioether (sulfide) groups is 1. The van der Waals surface area contributed by atoms with Crippen LogP contribution in [-0.2, 0) is 13.0 Å². The van der Waals surface area contributed by atoms with Gasteiger partial charge in [0.1, 0.15) is 11.6 Å². The molecule has 1 saturated heterocycles. The van der Waals surface area contributed by atoms with E-state index in [0.717, 1.165) is 49.1 Å². The van der Waals surface area contributed by atoms with Gasteiger partial charge in [-0.2, -0.15) is 14.4 Å². The minimum absolute atomic E-state index is 0.0718. The summed E-state index contributed by atoms with van der Waals surface area (Å²) >= 11 is 1.85. The summed E-state index contributed by atoms with van der Waals surface area (Å²) in [5, 5.41) is 3.46. The first-order valence-electron chi connectivity index (χ1n) is 12.1. The van der Waals surface area contributed by atoms with Crippen molar-refractivity contribution in [3.63, 3.8) is 0 Å². The van der Waals surface area contributed by atoms with Crippen molar-refractivity contribution < 1.29 is 9.13 Å². The first kappa shape index (κ1) is 23.2. The van der Waals surface area contributed by atoms with Gasteiger partial charge in [0.25, 0.3) is 0 Å². The number of nitrogens with one attached hydrogen (secondary N) is 1. The number of benzene rings is 1. The summed E-state index contributed by atoms with van der Waals surface area (Å²) in [4.78, 5) is 16.2. The molecule has 2 aliphatic rings. The van der Waals surface area contributed by atoms with Crippen LogP contribution in [0.5, 0.6) is 5.75 Å². The van der Waals surface area contributed by atoms with Gasteiger partial charge in [-0.05, 0) is 43.0 Å². The molecule has 5 rings (SSSR count). The molecule has 0 aliphatic carbocycles. The van der Waals surface area contributed by atoms with Crippen molar-refractivity contribution in [1.29, 1.82) is 0 Å². The number of rotatable bonds is 8. The standard InChI is InChI=1S/C24H32FN7OS/c1-15(2)14-27-5-8-32-20(28-21-22(26)29-24(25)30-23(21)32)12-16-11-18-19(34-10-9-33-18)13-17(16)31-6-3-4-7-31/h11,13,15,27H,3-10,12,14H2,1-2H3,(H2,26,29,30). The summed E-state index contributed by atoms with van der Waals surface area (Å²) in [6.45, 7) is 9.41. The quantitative estimate of drug-likeness (QED) is 0.370. The predicted octanol–water partition coefficient (Wildman–Crippen LogP) is 3.47. The van der Waals surface area contributed by atoms with Crippen LogP contribution < -0.4 is 20.7 Å². The number of ether oxygens (including phenoxy) is 1. The van der Waals surface area contributed by atoms with Crippen LogP contribution in [0.2, 0.25) is 0 Å². The maximum absolute atomic E-state index is 14.1. The highest BCUT2D eigenvalue weighted by Gasteiger charge is 2.24. The molecule has 8 nitrogen and oxygen atoms in total. The van der Waals surface area contributed by atoms with Crippen molar-refractivity contribution in [2.75, 3.05) is 49.2 Å². The Balaban J connectivity index is 1.54. The lowest BCUT2D eigenvalue weighted by Gasteiger charge is -2.26. The van der Waals surface area contributed by atoms with Gasteiger partial charge in [0.15, 0.2) is 17.0 Å². The number of hydrogen-bond donors (Lipinski definition) is 2. The Kier molecular flexibility index (Phi) is 6.78. The maximum Gasteiger partial charge on any atom is 0.312 e. The van der Waals surface area contributed by atoms with Gasteiger partial charge in [-0.3, -0.25) is 0 Å². The van der Waals surface area contributed by atoms with Crippen LogP contribution in [0.1, 0.15) is 38.1 Å². The number of hydrogen-bond acceptors (Lipinski definition) is 8. The zero-order valence-electron chi connectivity index (χ0n) is 19.8. The second-order valence-corrected chi connectivity index (χ2v) is 10.5. The fourth-order valence-corrected chi connectivity index (χ4v) is 5.52. The lowest BCUT2D eigenvalue weighted by Crippen LogP contribution is -2.25. The molecule has 1 aromatic carbocycles. The molecule has 0 unspecified atom stereocenters. The number of nitrogens with zero attached hydrogens (tertiary/aromatic N) is 5. The molecule has 0 spiro atoms. The van der Waals surface area contributed by atoms with E-state index < -0.39 is 6.08 Å². The van der Waals surface area contributed by atoms with Crippen LogP contribution in [0.25, 0.3) is 11.2 Å². The highest BCUT2D eigenvalue weighted by molar-refractivity contribution is 7.99. The third-order valence-corrected chi connectivity index (χ3v) is 7.28. The van der Waals surface area contributed by atoms with Crippen LogP contribution in [0.3, 0.4) is 0 Å². The monoisotopic (exact) mass is 485 g/mol.